The van der Waals surface area contributed by atoms with Gasteiger partial charge in [-0.15, -0.1) is 0 Å². The first-order valence-corrected chi connectivity index (χ1v) is 5.56. The summed E-state index contributed by atoms with van der Waals surface area (Å²) in [4.78, 5) is 18.4. The lowest BCUT2D eigenvalue weighted by atomic mass is 10.2. The second-order valence-corrected chi connectivity index (χ2v) is 4.91. The zero-order valence-corrected chi connectivity index (χ0v) is 11.0. The van der Waals surface area contributed by atoms with E-state index in [-0.39, 0.29) is 5.95 Å². The largest absolute Gasteiger partial charge is 0.444 e. The number of aliphatic hydroxyl groups is 1. The number of nitrogens with zero attached hydrogens (tertiary/aromatic N) is 2. The first-order valence-electron chi connectivity index (χ1n) is 5.56. The average molecular weight is 293 g/mol. The van der Waals surface area contributed by atoms with Gasteiger partial charge in [0.25, 0.3) is 0 Å². The normalized spacial score (nSPS) is 13.8. The van der Waals surface area contributed by atoms with Crippen LogP contribution in [0, 0.1) is 0 Å². The van der Waals surface area contributed by atoms with Gasteiger partial charge in [-0.25, -0.2) is 14.8 Å². The van der Waals surface area contributed by atoms with Crippen LogP contribution in [0.25, 0.3) is 0 Å². The lowest BCUT2D eigenvalue weighted by Crippen LogP contribution is -2.28. The molecule has 6 nitrogen and oxygen atoms in total. The molecule has 0 aliphatic carbocycles. The van der Waals surface area contributed by atoms with Crippen LogP contribution in [0.5, 0.6) is 0 Å². The molecule has 0 aromatic carbocycles. The molecule has 1 aromatic heterocycles. The minimum Gasteiger partial charge on any atom is -0.444 e. The Morgan fingerprint density at radius 1 is 1.30 bits per heavy atom. The molecule has 0 aliphatic rings. The van der Waals surface area contributed by atoms with Crippen LogP contribution in [0.2, 0.25) is 0 Å². The van der Waals surface area contributed by atoms with Crippen molar-refractivity contribution in [1.82, 2.24) is 9.97 Å². The fraction of sp³-hybridized carbons (Fsp3) is 0.545. The Balaban J connectivity index is 2.70. The second-order valence-electron chi connectivity index (χ2n) is 4.91. The fourth-order valence-electron chi connectivity index (χ4n) is 1.13. The summed E-state index contributed by atoms with van der Waals surface area (Å²) in [5, 5.41) is 11.1. The van der Waals surface area contributed by atoms with Crippen molar-refractivity contribution in [3.05, 3.63) is 18.0 Å². The smallest absolute Gasteiger partial charge is 0.418 e. The zero-order chi connectivity index (χ0) is 15.6. The second kappa shape index (κ2) is 5.61. The van der Waals surface area contributed by atoms with E-state index in [0.29, 0.717) is 0 Å². The Labute approximate surface area is 113 Å². The molecule has 1 rings (SSSR count). The maximum atomic E-state index is 12.2. The number of nitrogens with one attached hydrogen (secondary N) is 1. The summed E-state index contributed by atoms with van der Waals surface area (Å²) in [7, 11) is 0. The predicted molar refractivity (Wildman–Crippen MR) is 62.9 cm³/mol. The highest BCUT2D eigenvalue weighted by Crippen LogP contribution is 2.31. The van der Waals surface area contributed by atoms with Gasteiger partial charge in [-0.3, -0.25) is 5.32 Å². The van der Waals surface area contributed by atoms with Gasteiger partial charge in [-0.05, 0) is 20.8 Å². The quantitative estimate of drug-likeness (QED) is 0.874. The number of ether oxygens (including phenoxy) is 1. The van der Waals surface area contributed by atoms with Crippen molar-refractivity contribution in [3.8, 4) is 0 Å². The highest BCUT2D eigenvalue weighted by Gasteiger charge is 2.39. The number of alkyl halides is 3. The monoisotopic (exact) mass is 293 g/mol. The fourth-order valence-corrected chi connectivity index (χ4v) is 1.13. The number of carbonyl (C=O) groups is 1. The summed E-state index contributed by atoms with van der Waals surface area (Å²) >= 11 is 0. The molecular weight excluding hydrogens is 279 g/mol. The van der Waals surface area contributed by atoms with Gasteiger partial charge in [0, 0.05) is 18.0 Å². The highest BCUT2D eigenvalue weighted by molar-refractivity contribution is 5.82. The number of amides is 1. The number of aliphatic hydroxyl groups excluding tert-OH is 1. The number of aromatic nitrogens is 2. The molecule has 2 N–H and O–H groups in total. The van der Waals surface area contributed by atoms with Gasteiger partial charge in [-0.1, -0.05) is 0 Å². The van der Waals surface area contributed by atoms with E-state index in [4.69, 9.17) is 9.84 Å². The number of anilines is 1. The molecule has 0 unspecified atom stereocenters. The SMILES string of the molecule is CC(C)(C)OC(=O)Nc1ncc([C@@H](O)C(F)(F)F)cn1. The molecule has 9 heteroatoms. The van der Waals surface area contributed by atoms with Crippen molar-refractivity contribution in [1.29, 1.82) is 0 Å². The van der Waals surface area contributed by atoms with E-state index in [9.17, 15) is 18.0 Å². The van der Waals surface area contributed by atoms with Crippen LogP contribution in [0.1, 0.15) is 32.4 Å². The van der Waals surface area contributed by atoms with Crippen molar-refractivity contribution in [3.63, 3.8) is 0 Å². The minimum atomic E-state index is -4.80. The number of rotatable bonds is 2. The van der Waals surface area contributed by atoms with Gasteiger partial charge < -0.3 is 9.84 Å². The molecule has 112 valence electrons. The number of halogens is 3. The third-order valence-electron chi connectivity index (χ3n) is 1.91. The van der Waals surface area contributed by atoms with Crippen LogP contribution in [-0.2, 0) is 4.74 Å². The summed E-state index contributed by atoms with van der Waals surface area (Å²) in [6.45, 7) is 4.95. The Kier molecular flexibility index (Phi) is 4.53. The number of hydrogen-bond acceptors (Lipinski definition) is 5. The van der Waals surface area contributed by atoms with Gasteiger partial charge in [0.1, 0.15) is 5.60 Å². The first kappa shape index (κ1) is 16.2. The number of carbonyl (C=O) groups excluding carboxylic acids is 1. The third kappa shape index (κ3) is 5.00. The van der Waals surface area contributed by atoms with Crippen LogP contribution >= 0.6 is 0 Å². The summed E-state index contributed by atoms with van der Waals surface area (Å²) in [5.74, 6) is -0.225. The molecule has 20 heavy (non-hydrogen) atoms. The average Bonchev–Trinajstić information content (AvgIpc) is 2.25. The van der Waals surface area contributed by atoms with Crippen molar-refractivity contribution in [2.75, 3.05) is 5.32 Å². The van der Waals surface area contributed by atoms with E-state index in [1.54, 1.807) is 20.8 Å². The van der Waals surface area contributed by atoms with Gasteiger partial charge in [-0.2, -0.15) is 13.2 Å². The lowest BCUT2D eigenvalue weighted by molar-refractivity contribution is -0.206. The van der Waals surface area contributed by atoms with Crippen LogP contribution < -0.4 is 5.32 Å². The molecule has 0 saturated heterocycles. The van der Waals surface area contributed by atoms with Gasteiger partial charge in [0.05, 0.1) is 0 Å². The van der Waals surface area contributed by atoms with E-state index in [1.807, 2.05) is 0 Å². The molecule has 0 radical (unpaired) electrons. The van der Waals surface area contributed by atoms with E-state index >= 15 is 0 Å². The lowest BCUT2D eigenvalue weighted by Gasteiger charge is -2.19. The Morgan fingerprint density at radius 2 is 1.80 bits per heavy atom. The molecule has 1 heterocycles. The van der Waals surface area contributed by atoms with Crippen molar-refractivity contribution < 1.29 is 27.8 Å². The maximum absolute atomic E-state index is 12.2. The van der Waals surface area contributed by atoms with E-state index in [0.717, 1.165) is 12.4 Å². The minimum absolute atomic E-state index is 0.225. The van der Waals surface area contributed by atoms with Crippen LogP contribution in [0.15, 0.2) is 12.4 Å². The Morgan fingerprint density at radius 3 is 2.20 bits per heavy atom. The van der Waals surface area contributed by atoms with Gasteiger partial charge >= 0.3 is 12.3 Å². The molecule has 0 fully saturated rings. The van der Waals surface area contributed by atoms with Crippen LogP contribution in [-0.4, -0.2) is 32.9 Å². The standard InChI is InChI=1S/C11H14F3N3O3/c1-10(2,3)20-9(19)17-8-15-4-6(5-16-8)7(18)11(12,13)14/h4-5,7,18H,1-3H3,(H,15,16,17,19)/t7-/m1/s1. The van der Waals surface area contributed by atoms with Gasteiger partial charge in [0.2, 0.25) is 5.95 Å². The highest BCUT2D eigenvalue weighted by atomic mass is 19.4. The van der Waals surface area contributed by atoms with E-state index < -0.39 is 29.5 Å². The molecule has 0 aliphatic heterocycles. The van der Waals surface area contributed by atoms with Crippen molar-refractivity contribution >= 4 is 12.0 Å². The first-order chi connectivity index (χ1) is 8.99. The summed E-state index contributed by atoms with van der Waals surface area (Å²) in [5.41, 5.74) is -1.25. The molecule has 0 spiro atoms. The Hall–Kier alpha value is -1.90. The molecule has 1 aromatic rings. The van der Waals surface area contributed by atoms with Crippen molar-refractivity contribution in [2.24, 2.45) is 0 Å². The number of hydrogen-bond donors (Lipinski definition) is 2. The molecule has 0 bridgehead atoms. The molecule has 1 amide bonds. The molecule has 1 atom stereocenters. The summed E-state index contributed by atoms with van der Waals surface area (Å²) in [6, 6.07) is 0. The van der Waals surface area contributed by atoms with E-state index in [2.05, 4.69) is 15.3 Å². The summed E-state index contributed by atoms with van der Waals surface area (Å²) < 4.78 is 41.6. The topological polar surface area (TPSA) is 84.3 Å². The third-order valence-corrected chi connectivity index (χ3v) is 1.91. The van der Waals surface area contributed by atoms with E-state index in [1.165, 1.54) is 0 Å². The predicted octanol–water partition coefficient (Wildman–Crippen LogP) is 2.42. The molecule has 0 saturated carbocycles. The Bertz CT molecular complexity index is 469. The molecular formula is C11H14F3N3O3. The van der Waals surface area contributed by atoms with Crippen LogP contribution in [0.3, 0.4) is 0 Å². The zero-order valence-electron chi connectivity index (χ0n) is 11.0. The summed E-state index contributed by atoms with van der Waals surface area (Å²) in [6.07, 6.45) is -6.75. The van der Waals surface area contributed by atoms with Crippen LogP contribution in [0.4, 0.5) is 23.9 Å². The maximum Gasteiger partial charge on any atom is 0.418 e. The van der Waals surface area contributed by atoms with Gasteiger partial charge in [0.15, 0.2) is 6.10 Å². The van der Waals surface area contributed by atoms with Crippen molar-refractivity contribution in [2.45, 2.75) is 38.7 Å².